The van der Waals surface area contributed by atoms with Gasteiger partial charge in [0.25, 0.3) is 0 Å². The molecule has 1 N–H and O–H groups in total. The molecule has 2 aliphatic rings. The lowest BCUT2D eigenvalue weighted by atomic mass is 9.95. The Bertz CT molecular complexity index is 234. The second kappa shape index (κ2) is 6.17. The fourth-order valence-electron chi connectivity index (χ4n) is 3.02. The Balaban J connectivity index is 1.80. The highest BCUT2D eigenvalue weighted by Crippen LogP contribution is 2.22. The molecule has 4 atom stereocenters. The summed E-state index contributed by atoms with van der Waals surface area (Å²) in [4.78, 5) is 2.64. The maximum Gasteiger partial charge on any atom is 0.0588 e. The molecule has 2 heterocycles. The van der Waals surface area contributed by atoms with E-state index in [4.69, 9.17) is 4.74 Å². The Morgan fingerprint density at radius 2 is 2.29 bits per heavy atom. The largest absolute Gasteiger partial charge is 0.378 e. The summed E-state index contributed by atoms with van der Waals surface area (Å²) in [5, 5.41) is 3.66. The number of piperazine rings is 1. The van der Waals surface area contributed by atoms with Crippen LogP contribution in [0, 0.1) is 11.8 Å². The standard InChI is InChI=1S/C14H28N2O/c1-4-11(2)14-10-16(7-6-15-14)9-13-5-8-17-12(13)3/h11-15H,4-10H2,1-3H3. The summed E-state index contributed by atoms with van der Waals surface area (Å²) in [7, 11) is 0. The van der Waals surface area contributed by atoms with Gasteiger partial charge in [0.15, 0.2) is 0 Å². The van der Waals surface area contributed by atoms with Crippen molar-refractivity contribution in [3.8, 4) is 0 Å². The lowest BCUT2D eigenvalue weighted by Crippen LogP contribution is -2.54. The van der Waals surface area contributed by atoms with Crippen LogP contribution in [-0.4, -0.2) is 49.8 Å². The molecule has 2 aliphatic heterocycles. The summed E-state index contributed by atoms with van der Waals surface area (Å²) in [5.74, 6) is 1.54. The summed E-state index contributed by atoms with van der Waals surface area (Å²) >= 11 is 0. The molecule has 0 aromatic carbocycles. The van der Waals surface area contributed by atoms with E-state index in [0.717, 1.165) is 25.0 Å². The van der Waals surface area contributed by atoms with Gasteiger partial charge in [-0.25, -0.2) is 0 Å². The fourth-order valence-corrected chi connectivity index (χ4v) is 3.02. The number of hydrogen-bond acceptors (Lipinski definition) is 3. The molecule has 0 spiro atoms. The minimum absolute atomic E-state index is 0.465. The molecule has 0 aromatic heterocycles. The van der Waals surface area contributed by atoms with Gasteiger partial charge >= 0.3 is 0 Å². The van der Waals surface area contributed by atoms with E-state index >= 15 is 0 Å². The maximum absolute atomic E-state index is 5.66. The molecule has 4 unspecified atom stereocenters. The van der Waals surface area contributed by atoms with Crippen LogP contribution in [0.1, 0.15) is 33.6 Å². The van der Waals surface area contributed by atoms with Crippen molar-refractivity contribution in [1.82, 2.24) is 10.2 Å². The van der Waals surface area contributed by atoms with Crippen LogP contribution < -0.4 is 5.32 Å². The number of nitrogens with one attached hydrogen (secondary N) is 1. The summed E-state index contributed by atoms with van der Waals surface area (Å²) < 4.78 is 5.66. The van der Waals surface area contributed by atoms with Crippen molar-refractivity contribution < 1.29 is 4.74 Å². The Hall–Kier alpha value is -0.120. The highest BCUT2D eigenvalue weighted by atomic mass is 16.5. The van der Waals surface area contributed by atoms with Gasteiger partial charge in [-0.2, -0.15) is 0 Å². The van der Waals surface area contributed by atoms with Crippen LogP contribution >= 0.6 is 0 Å². The molecule has 3 nitrogen and oxygen atoms in total. The summed E-state index contributed by atoms with van der Waals surface area (Å²) in [5.41, 5.74) is 0. The number of rotatable bonds is 4. The molecular weight excluding hydrogens is 212 g/mol. The van der Waals surface area contributed by atoms with E-state index in [9.17, 15) is 0 Å². The van der Waals surface area contributed by atoms with Crippen LogP contribution in [0.25, 0.3) is 0 Å². The molecule has 2 saturated heterocycles. The quantitative estimate of drug-likeness (QED) is 0.810. The van der Waals surface area contributed by atoms with E-state index < -0.39 is 0 Å². The van der Waals surface area contributed by atoms with E-state index in [1.165, 1.54) is 32.5 Å². The normalized spacial score (nSPS) is 37.2. The fraction of sp³-hybridized carbons (Fsp3) is 1.00. The Kier molecular flexibility index (Phi) is 4.83. The van der Waals surface area contributed by atoms with Crippen molar-refractivity contribution >= 4 is 0 Å². The predicted octanol–water partition coefficient (Wildman–Crippen LogP) is 1.73. The van der Waals surface area contributed by atoms with Crippen LogP contribution in [0.5, 0.6) is 0 Å². The van der Waals surface area contributed by atoms with Gasteiger partial charge in [0.2, 0.25) is 0 Å². The van der Waals surface area contributed by atoms with E-state index in [1.807, 2.05) is 0 Å². The molecular formula is C14H28N2O. The Morgan fingerprint density at radius 3 is 2.94 bits per heavy atom. The highest BCUT2D eigenvalue weighted by Gasteiger charge is 2.29. The second-order valence-corrected chi connectivity index (χ2v) is 5.83. The zero-order valence-electron chi connectivity index (χ0n) is 11.6. The minimum atomic E-state index is 0.465. The van der Waals surface area contributed by atoms with Crippen molar-refractivity contribution in [2.45, 2.75) is 45.8 Å². The number of nitrogens with zero attached hydrogens (tertiary/aromatic N) is 1. The molecule has 0 bridgehead atoms. The van der Waals surface area contributed by atoms with Gasteiger partial charge in [0.1, 0.15) is 0 Å². The zero-order valence-corrected chi connectivity index (χ0v) is 11.6. The molecule has 0 aliphatic carbocycles. The SMILES string of the molecule is CCC(C)C1CN(CC2CCOC2C)CCN1. The van der Waals surface area contributed by atoms with Gasteiger partial charge in [-0.05, 0) is 25.2 Å². The van der Waals surface area contributed by atoms with Crippen molar-refractivity contribution in [3.05, 3.63) is 0 Å². The van der Waals surface area contributed by atoms with E-state index in [2.05, 4.69) is 31.0 Å². The van der Waals surface area contributed by atoms with E-state index in [0.29, 0.717) is 12.1 Å². The van der Waals surface area contributed by atoms with E-state index in [1.54, 1.807) is 0 Å². The van der Waals surface area contributed by atoms with Gasteiger partial charge in [-0.1, -0.05) is 20.3 Å². The molecule has 3 heteroatoms. The topological polar surface area (TPSA) is 24.5 Å². The van der Waals surface area contributed by atoms with Crippen molar-refractivity contribution in [2.75, 3.05) is 32.8 Å². The average molecular weight is 240 g/mol. The van der Waals surface area contributed by atoms with Gasteiger partial charge < -0.3 is 15.0 Å². The first-order valence-corrected chi connectivity index (χ1v) is 7.28. The maximum atomic E-state index is 5.66. The molecule has 0 amide bonds. The van der Waals surface area contributed by atoms with Crippen molar-refractivity contribution in [2.24, 2.45) is 11.8 Å². The molecule has 100 valence electrons. The number of ether oxygens (including phenoxy) is 1. The highest BCUT2D eigenvalue weighted by molar-refractivity contribution is 4.84. The van der Waals surface area contributed by atoms with Crippen molar-refractivity contribution in [3.63, 3.8) is 0 Å². The van der Waals surface area contributed by atoms with Crippen LogP contribution in [0.4, 0.5) is 0 Å². The summed E-state index contributed by atoms with van der Waals surface area (Å²) in [6, 6.07) is 0.686. The van der Waals surface area contributed by atoms with Crippen molar-refractivity contribution in [1.29, 1.82) is 0 Å². The van der Waals surface area contributed by atoms with Gasteiger partial charge in [0, 0.05) is 38.8 Å². The molecule has 0 aromatic rings. The average Bonchev–Trinajstić information content (AvgIpc) is 2.74. The molecule has 0 radical (unpaired) electrons. The molecule has 2 fully saturated rings. The smallest absolute Gasteiger partial charge is 0.0588 e. The third-order valence-corrected chi connectivity index (χ3v) is 4.65. The van der Waals surface area contributed by atoms with Crippen LogP contribution in [0.2, 0.25) is 0 Å². The predicted molar refractivity (Wildman–Crippen MR) is 71.2 cm³/mol. The summed E-state index contributed by atoms with van der Waals surface area (Å²) in [6.45, 7) is 12.7. The van der Waals surface area contributed by atoms with Crippen LogP contribution in [0.3, 0.4) is 0 Å². The third kappa shape index (κ3) is 3.43. The summed E-state index contributed by atoms with van der Waals surface area (Å²) in [6.07, 6.45) is 2.99. The molecule has 0 saturated carbocycles. The van der Waals surface area contributed by atoms with E-state index in [-0.39, 0.29) is 0 Å². The van der Waals surface area contributed by atoms with Crippen LogP contribution in [-0.2, 0) is 4.74 Å². The minimum Gasteiger partial charge on any atom is -0.378 e. The van der Waals surface area contributed by atoms with Gasteiger partial charge in [0.05, 0.1) is 6.10 Å². The zero-order chi connectivity index (χ0) is 12.3. The lowest BCUT2D eigenvalue weighted by molar-refractivity contribution is 0.0825. The van der Waals surface area contributed by atoms with Crippen LogP contribution in [0.15, 0.2) is 0 Å². The van der Waals surface area contributed by atoms with Gasteiger partial charge in [-0.15, -0.1) is 0 Å². The van der Waals surface area contributed by atoms with Gasteiger partial charge in [-0.3, -0.25) is 0 Å². The first kappa shape index (κ1) is 13.3. The monoisotopic (exact) mass is 240 g/mol. The Morgan fingerprint density at radius 1 is 1.47 bits per heavy atom. The molecule has 17 heavy (non-hydrogen) atoms. The first-order chi connectivity index (χ1) is 8.20. The lowest BCUT2D eigenvalue weighted by Gasteiger charge is -2.38. The Labute approximate surface area is 106 Å². The molecule has 2 rings (SSSR count). The number of hydrogen-bond donors (Lipinski definition) is 1. The first-order valence-electron chi connectivity index (χ1n) is 7.28. The second-order valence-electron chi connectivity index (χ2n) is 5.83. The third-order valence-electron chi connectivity index (χ3n) is 4.65.